The number of para-hydroxylation sites is 1. The van der Waals surface area contributed by atoms with Crippen molar-refractivity contribution < 1.29 is 9.59 Å². The molecular weight excluding hydrogens is 368 g/mol. The summed E-state index contributed by atoms with van der Waals surface area (Å²) in [4.78, 5) is 25.9. The monoisotopic (exact) mass is 390 g/mol. The second-order valence-corrected chi connectivity index (χ2v) is 8.51. The van der Waals surface area contributed by atoms with Crippen LogP contribution in [0.4, 0.5) is 10.8 Å². The summed E-state index contributed by atoms with van der Waals surface area (Å²) in [5.41, 5.74) is 0.798. The number of nitrogens with one attached hydrogen (secondary N) is 2. The van der Waals surface area contributed by atoms with Gasteiger partial charge < -0.3 is 10.6 Å². The first-order valence-electron chi connectivity index (χ1n) is 8.78. The highest BCUT2D eigenvalue weighted by molar-refractivity contribution is 8.01. The molecule has 2 N–H and O–H groups in total. The molecule has 6 nitrogen and oxygen atoms in total. The van der Waals surface area contributed by atoms with Gasteiger partial charge >= 0.3 is 0 Å². The van der Waals surface area contributed by atoms with Crippen LogP contribution in [0.1, 0.15) is 38.1 Å². The number of amides is 2. The highest BCUT2D eigenvalue weighted by Gasteiger charge is 2.35. The van der Waals surface area contributed by atoms with E-state index < -0.39 is 11.2 Å². The topological polar surface area (TPSA) is 84.0 Å². The summed E-state index contributed by atoms with van der Waals surface area (Å²) in [6, 6.07) is 7.61. The van der Waals surface area contributed by atoms with Crippen molar-refractivity contribution in [3.05, 3.63) is 29.3 Å². The number of rotatable bonds is 7. The number of aromatic nitrogens is 2. The van der Waals surface area contributed by atoms with E-state index in [2.05, 4.69) is 27.8 Å². The molecule has 2 aromatic rings. The Morgan fingerprint density at radius 1 is 1.31 bits per heavy atom. The molecule has 0 radical (unpaired) electrons. The fraction of sp³-hybridized carbons (Fsp3) is 0.444. The van der Waals surface area contributed by atoms with E-state index in [0.717, 1.165) is 41.3 Å². The summed E-state index contributed by atoms with van der Waals surface area (Å²) in [5.74, 6) is -0.844. The lowest BCUT2D eigenvalue weighted by molar-refractivity contribution is -0.123. The van der Waals surface area contributed by atoms with Crippen LogP contribution in [0.5, 0.6) is 0 Å². The van der Waals surface area contributed by atoms with Gasteiger partial charge in [-0.15, -0.1) is 22.0 Å². The third kappa shape index (κ3) is 4.42. The van der Waals surface area contributed by atoms with Crippen LogP contribution in [0.25, 0.3) is 0 Å². The molecule has 0 fully saturated rings. The van der Waals surface area contributed by atoms with E-state index in [1.807, 2.05) is 24.3 Å². The maximum atomic E-state index is 12.6. The number of benzene rings is 1. The van der Waals surface area contributed by atoms with E-state index in [-0.39, 0.29) is 11.8 Å². The summed E-state index contributed by atoms with van der Waals surface area (Å²) in [6.07, 6.45) is 4.28. The minimum Gasteiger partial charge on any atom is -0.324 e. The highest BCUT2D eigenvalue weighted by atomic mass is 32.2. The molecule has 2 unspecified atom stereocenters. The van der Waals surface area contributed by atoms with Gasteiger partial charge in [0.2, 0.25) is 16.9 Å². The normalized spacial score (nSPS) is 17.3. The van der Waals surface area contributed by atoms with Crippen LogP contribution in [0.2, 0.25) is 0 Å². The number of fused-ring (bicyclic) bond motifs is 1. The lowest BCUT2D eigenvalue weighted by atomic mass is 10.1. The van der Waals surface area contributed by atoms with Crippen LogP contribution in [0, 0.1) is 5.92 Å². The van der Waals surface area contributed by atoms with Crippen LogP contribution < -0.4 is 10.6 Å². The van der Waals surface area contributed by atoms with Gasteiger partial charge in [-0.1, -0.05) is 50.2 Å². The van der Waals surface area contributed by atoms with Gasteiger partial charge in [-0.2, -0.15) is 0 Å². The Bertz CT molecular complexity index is 793. The average molecular weight is 391 g/mol. The van der Waals surface area contributed by atoms with E-state index in [4.69, 9.17) is 0 Å². The number of hydrogen-bond donors (Lipinski definition) is 2. The predicted molar refractivity (Wildman–Crippen MR) is 106 cm³/mol. The third-order valence-corrected chi connectivity index (χ3v) is 6.60. The molecule has 0 bridgehead atoms. The Morgan fingerprint density at radius 3 is 2.92 bits per heavy atom. The summed E-state index contributed by atoms with van der Waals surface area (Å²) < 4.78 is 0. The highest BCUT2D eigenvalue weighted by Crippen LogP contribution is 2.38. The van der Waals surface area contributed by atoms with Crippen molar-refractivity contribution in [1.29, 1.82) is 0 Å². The van der Waals surface area contributed by atoms with Crippen molar-refractivity contribution in [2.75, 3.05) is 10.6 Å². The Labute approximate surface area is 161 Å². The smallest absolute Gasteiger partial charge is 0.238 e. The van der Waals surface area contributed by atoms with E-state index in [1.165, 1.54) is 23.1 Å². The first-order valence-corrected chi connectivity index (χ1v) is 10.5. The number of aryl methyl sites for hydroxylation is 1. The molecular formula is C18H22N4O2S2. The molecule has 1 aromatic carbocycles. The Morgan fingerprint density at radius 2 is 2.12 bits per heavy atom. The molecule has 2 heterocycles. The molecule has 1 aromatic heterocycles. The second kappa shape index (κ2) is 8.64. The van der Waals surface area contributed by atoms with Crippen LogP contribution in [-0.4, -0.2) is 27.3 Å². The summed E-state index contributed by atoms with van der Waals surface area (Å²) in [6.45, 7) is 3.93. The Kier molecular flexibility index (Phi) is 6.26. The molecule has 3 rings (SSSR count). The van der Waals surface area contributed by atoms with Crippen molar-refractivity contribution in [1.82, 2.24) is 10.2 Å². The molecule has 2 atom stereocenters. The van der Waals surface area contributed by atoms with Gasteiger partial charge in [0, 0.05) is 11.3 Å². The first-order chi connectivity index (χ1) is 12.6. The maximum Gasteiger partial charge on any atom is 0.238 e. The van der Waals surface area contributed by atoms with Crippen molar-refractivity contribution in [2.24, 2.45) is 5.92 Å². The fourth-order valence-corrected chi connectivity index (χ4v) is 4.64. The zero-order chi connectivity index (χ0) is 18.5. The largest absolute Gasteiger partial charge is 0.324 e. The second-order valence-electron chi connectivity index (χ2n) is 6.26. The predicted octanol–water partition coefficient (Wildman–Crippen LogP) is 3.96. The molecule has 0 aliphatic carbocycles. The van der Waals surface area contributed by atoms with Crippen LogP contribution in [0.15, 0.2) is 29.2 Å². The molecule has 1 aliphatic heterocycles. The van der Waals surface area contributed by atoms with Gasteiger partial charge in [0.05, 0.1) is 16.9 Å². The first kappa shape index (κ1) is 18.8. The fourth-order valence-electron chi connectivity index (χ4n) is 2.68. The Hall–Kier alpha value is -1.93. The molecule has 2 amide bonds. The van der Waals surface area contributed by atoms with Crippen LogP contribution >= 0.6 is 23.1 Å². The SMILES string of the molecule is CCCCCc1nnc(NC(=O)C(C)C2Sc3ccccc3NC2=O)s1. The lowest BCUT2D eigenvalue weighted by Crippen LogP contribution is -2.39. The van der Waals surface area contributed by atoms with Gasteiger partial charge in [-0.05, 0) is 18.6 Å². The van der Waals surface area contributed by atoms with Crippen molar-refractivity contribution in [3.63, 3.8) is 0 Å². The number of unbranched alkanes of at least 4 members (excludes halogenated alkanes) is 2. The standard InChI is InChI=1S/C18H22N4O2S2/c1-3-4-5-10-14-21-22-18(26-14)20-16(23)11(2)15-17(24)19-12-8-6-7-9-13(12)25-15/h6-9,11,15H,3-5,10H2,1-2H3,(H,19,24)(H,20,22,23). The van der Waals surface area contributed by atoms with Crippen molar-refractivity contribution in [3.8, 4) is 0 Å². The molecule has 0 saturated carbocycles. The van der Waals surface area contributed by atoms with E-state index >= 15 is 0 Å². The average Bonchev–Trinajstić information content (AvgIpc) is 3.08. The summed E-state index contributed by atoms with van der Waals surface area (Å²) >= 11 is 2.83. The van der Waals surface area contributed by atoms with Gasteiger partial charge in [-0.3, -0.25) is 9.59 Å². The van der Waals surface area contributed by atoms with Crippen LogP contribution in [0.3, 0.4) is 0 Å². The molecule has 0 saturated heterocycles. The van der Waals surface area contributed by atoms with E-state index in [0.29, 0.717) is 5.13 Å². The summed E-state index contributed by atoms with van der Waals surface area (Å²) in [5, 5.41) is 14.8. The quantitative estimate of drug-likeness (QED) is 0.699. The van der Waals surface area contributed by atoms with E-state index in [9.17, 15) is 9.59 Å². The number of nitrogens with zero attached hydrogens (tertiary/aromatic N) is 2. The van der Waals surface area contributed by atoms with Gasteiger partial charge in [0.15, 0.2) is 0 Å². The minimum absolute atomic E-state index is 0.145. The van der Waals surface area contributed by atoms with Gasteiger partial charge in [-0.25, -0.2) is 0 Å². The van der Waals surface area contributed by atoms with Crippen LogP contribution in [-0.2, 0) is 16.0 Å². The lowest BCUT2D eigenvalue weighted by Gasteiger charge is -2.27. The zero-order valence-electron chi connectivity index (χ0n) is 14.8. The number of thioether (sulfide) groups is 1. The molecule has 138 valence electrons. The molecule has 8 heteroatoms. The molecule has 1 aliphatic rings. The number of carbonyl (C=O) groups excluding carboxylic acids is 2. The number of anilines is 2. The van der Waals surface area contributed by atoms with E-state index in [1.54, 1.807) is 6.92 Å². The van der Waals surface area contributed by atoms with Gasteiger partial charge in [0.1, 0.15) is 5.01 Å². The van der Waals surface area contributed by atoms with Crippen molar-refractivity contribution >= 4 is 45.7 Å². The number of carbonyl (C=O) groups is 2. The molecule has 0 spiro atoms. The maximum absolute atomic E-state index is 12.6. The summed E-state index contributed by atoms with van der Waals surface area (Å²) in [7, 11) is 0. The van der Waals surface area contributed by atoms with Gasteiger partial charge in [0.25, 0.3) is 0 Å². The number of hydrogen-bond acceptors (Lipinski definition) is 6. The molecule has 26 heavy (non-hydrogen) atoms. The minimum atomic E-state index is -0.485. The Balaban J connectivity index is 1.60. The van der Waals surface area contributed by atoms with Crippen molar-refractivity contribution in [2.45, 2.75) is 49.7 Å². The third-order valence-electron chi connectivity index (χ3n) is 4.22. The zero-order valence-corrected chi connectivity index (χ0v) is 16.5.